The number of fused-ring (bicyclic) bond motifs is 1. The van der Waals surface area contributed by atoms with Gasteiger partial charge in [0.15, 0.2) is 0 Å². The Morgan fingerprint density at radius 2 is 1.93 bits per heavy atom. The van der Waals surface area contributed by atoms with E-state index in [-0.39, 0.29) is 5.82 Å². The molecule has 0 unspecified atom stereocenters. The number of hydrogen-bond donors (Lipinski definition) is 1. The van der Waals surface area contributed by atoms with Crippen LogP contribution in [0.15, 0.2) is 54.7 Å². The minimum Gasteiger partial charge on any atom is -0.488 e. The van der Waals surface area contributed by atoms with E-state index in [2.05, 4.69) is 29.1 Å². The Morgan fingerprint density at radius 1 is 1.14 bits per heavy atom. The van der Waals surface area contributed by atoms with Crippen molar-refractivity contribution >= 4 is 16.5 Å². The number of ether oxygens (including phenoxy) is 1. The Hall–Kier alpha value is -2.59. The molecule has 28 heavy (non-hydrogen) atoms. The van der Waals surface area contributed by atoms with E-state index < -0.39 is 0 Å². The van der Waals surface area contributed by atoms with Gasteiger partial charge >= 0.3 is 0 Å². The number of nitrogens with zero attached hydrogens (tertiary/aromatic N) is 1. The number of aromatic nitrogens is 1. The summed E-state index contributed by atoms with van der Waals surface area (Å²) >= 11 is 0. The molecule has 148 valence electrons. The lowest BCUT2D eigenvalue weighted by molar-refractivity contribution is 0.308. The van der Waals surface area contributed by atoms with Crippen LogP contribution in [0.25, 0.3) is 16.5 Å². The van der Waals surface area contributed by atoms with Gasteiger partial charge in [-0.25, -0.2) is 4.39 Å². The fourth-order valence-electron chi connectivity index (χ4n) is 3.58. The molecule has 0 radical (unpaired) electrons. The van der Waals surface area contributed by atoms with E-state index in [9.17, 15) is 4.39 Å². The third-order valence-corrected chi connectivity index (χ3v) is 4.90. The van der Waals surface area contributed by atoms with Gasteiger partial charge in [-0.05, 0) is 37.1 Å². The lowest BCUT2D eigenvalue weighted by Crippen LogP contribution is -2.19. The van der Waals surface area contributed by atoms with E-state index in [0.29, 0.717) is 12.4 Å². The molecule has 1 aliphatic heterocycles. The molecule has 0 aliphatic carbocycles. The van der Waals surface area contributed by atoms with Crippen LogP contribution < -0.4 is 10.1 Å². The first kappa shape index (κ1) is 20.2. The standard InChI is InChI=1S/C22H23FN2O.C2H6/c1-2-25-14-19(17-8-10-24-11-9-17)22-20(25)12-18(23)13-21(22)26-15-16-6-4-3-5-7-16;1-2/h3-8,12-14,24H,2,9-11,15H2,1H3;1-2H3. The van der Waals surface area contributed by atoms with Gasteiger partial charge in [0.05, 0.1) is 5.52 Å². The van der Waals surface area contributed by atoms with Crippen LogP contribution in [0.5, 0.6) is 5.75 Å². The molecule has 4 heteroatoms. The van der Waals surface area contributed by atoms with Crippen molar-refractivity contribution < 1.29 is 9.13 Å². The number of hydrogen-bond acceptors (Lipinski definition) is 2. The minimum absolute atomic E-state index is 0.265. The maximum Gasteiger partial charge on any atom is 0.132 e. The van der Waals surface area contributed by atoms with Gasteiger partial charge in [0.1, 0.15) is 18.2 Å². The highest BCUT2D eigenvalue weighted by Crippen LogP contribution is 2.37. The van der Waals surface area contributed by atoms with Crippen LogP contribution in [0.3, 0.4) is 0 Å². The van der Waals surface area contributed by atoms with Crippen LogP contribution in [-0.4, -0.2) is 17.7 Å². The molecular formula is C24H29FN2O. The number of nitrogens with one attached hydrogen (secondary N) is 1. The van der Waals surface area contributed by atoms with Gasteiger partial charge in [0.2, 0.25) is 0 Å². The Labute approximate surface area is 166 Å². The highest BCUT2D eigenvalue weighted by atomic mass is 19.1. The van der Waals surface area contributed by atoms with Crippen molar-refractivity contribution in [2.75, 3.05) is 13.1 Å². The SMILES string of the molecule is CC.CCn1cc(C2=CCNCC2)c2c(OCc3ccccc3)cc(F)cc21. The minimum atomic E-state index is -0.265. The first-order valence-electron chi connectivity index (χ1n) is 10.2. The molecule has 3 aromatic rings. The second-order valence-corrected chi connectivity index (χ2v) is 6.58. The normalized spacial score (nSPS) is 13.6. The predicted molar refractivity (Wildman–Crippen MR) is 115 cm³/mol. The zero-order valence-corrected chi connectivity index (χ0v) is 17.0. The first-order valence-corrected chi connectivity index (χ1v) is 10.2. The van der Waals surface area contributed by atoms with Crippen molar-refractivity contribution in [3.63, 3.8) is 0 Å². The quantitative estimate of drug-likeness (QED) is 0.607. The Bertz CT molecular complexity index is 944. The van der Waals surface area contributed by atoms with Crippen LogP contribution in [0.4, 0.5) is 4.39 Å². The smallest absolute Gasteiger partial charge is 0.132 e. The summed E-state index contributed by atoms with van der Waals surface area (Å²) in [6.07, 6.45) is 5.33. The van der Waals surface area contributed by atoms with E-state index in [1.165, 1.54) is 11.6 Å². The third-order valence-electron chi connectivity index (χ3n) is 4.90. The molecule has 1 aromatic heterocycles. The first-order chi connectivity index (χ1) is 13.8. The van der Waals surface area contributed by atoms with Gasteiger partial charge < -0.3 is 14.6 Å². The lowest BCUT2D eigenvalue weighted by atomic mass is 9.99. The summed E-state index contributed by atoms with van der Waals surface area (Å²) in [7, 11) is 0. The largest absolute Gasteiger partial charge is 0.488 e. The molecule has 4 rings (SSSR count). The van der Waals surface area contributed by atoms with Crippen molar-refractivity contribution in [2.45, 2.75) is 40.3 Å². The van der Waals surface area contributed by atoms with Crippen LogP contribution >= 0.6 is 0 Å². The summed E-state index contributed by atoms with van der Waals surface area (Å²) in [4.78, 5) is 0. The van der Waals surface area contributed by atoms with Crippen molar-refractivity contribution in [1.29, 1.82) is 0 Å². The highest BCUT2D eigenvalue weighted by Gasteiger charge is 2.18. The molecule has 2 heterocycles. The molecule has 0 fully saturated rings. The molecule has 0 saturated carbocycles. The number of rotatable bonds is 5. The fraction of sp³-hybridized carbons (Fsp3) is 0.333. The van der Waals surface area contributed by atoms with E-state index in [1.807, 2.05) is 44.2 Å². The van der Waals surface area contributed by atoms with Crippen LogP contribution in [0, 0.1) is 5.82 Å². The summed E-state index contributed by atoms with van der Waals surface area (Å²) in [5.74, 6) is 0.352. The van der Waals surface area contributed by atoms with Crippen molar-refractivity contribution in [1.82, 2.24) is 9.88 Å². The van der Waals surface area contributed by atoms with Crippen LogP contribution in [-0.2, 0) is 13.2 Å². The molecular weight excluding hydrogens is 351 g/mol. The Kier molecular flexibility index (Phi) is 6.88. The monoisotopic (exact) mass is 380 g/mol. The molecule has 1 N–H and O–H groups in total. The number of aryl methyl sites for hydroxylation is 1. The summed E-state index contributed by atoms with van der Waals surface area (Å²) < 4.78 is 22.5. The van der Waals surface area contributed by atoms with Gasteiger partial charge in [-0.1, -0.05) is 50.3 Å². The predicted octanol–water partition coefficient (Wildman–Crippen LogP) is 5.78. The van der Waals surface area contributed by atoms with Gasteiger partial charge in [-0.3, -0.25) is 0 Å². The maximum atomic E-state index is 14.3. The summed E-state index contributed by atoms with van der Waals surface area (Å²) in [5.41, 5.74) is 4.43. The topological polar surface area (TPSA) is 26.2 Å². The Morgan fingerprint density at radius 3 is 2.61 bits per heavy atom. The summed E-state index contributed by atoms with van der Waals surface area (Å²) in [6.45, 7) is 9.14. The van der Waals surface area contributed by atoms with Crippen LogP contribution in [0.1, 0.15) is 38.3 Å². The Balaban J connectivity index is 0.00000109. The van der Waals surface area contributed by atoms with Gasteiger partial charge in [0, 0.05) is 36.3 Å². The molecule has 0 atom stereocenters. The second-order valence-electron chi connectivity index (χ2n) is 6.58. The zero-order chi connectivity index (χ0) is 19.9. The highest BCUT2D eigenvalue weighted by molar-refractivity contribution is 5.97. The molecule has 1 aliphatic rings. The molecule has 2 aromatic carbocycles. The van der Waals surface area contributed by atoms with E-state index in [4.69, 9.17) is 4.74 Å². The van der Waals surface area contributed by atoms with Gasteiger partial charge in [0.25, 0.3) is 0 Å². The average Bonchev–Trinajstić information content (AvgIpc) is 3.13. The molecule has 0 spiro atoms. The maximum absolute atomic E-state index is 14.3. The fourth-order valence-corrected chi connectivity index (χ4v) is 3.58. The molecule has 0 saturated heterocycles. The van der Waals surface area contributed by atoms with E-state index in [1.54, 1.807) is 6.07 Å². The molecule has 0 bridgehead atoms. The zero-order valence-electron chi connectivity index (χ0n) is 17.0. The van der Waals surface area contributed by atoms with Crippen LogP contribution in [0.2, 0.25) is 0 Å². The number of halogens is 1. The van der Waals surface area contributed by atoms with Crippen molar-refractivity contribution in [2.24, 2.45) is 0 Å². The van der Waals surface area contributed by atoms with Crippen molar-refractivity contribution in [3.8, 4) is 5.75 Å². The van der Waals surface area contributed by atoms with Gasteiger partial charge in [-0.15, -0.1) is 0 Å². The average molecular weight is 381 g/mol. The summed E-state index contributed by atoms with van der Waals surface area (Å²) in [5, 5.41) is 4.36. The van der Waals surface area contributed by atoms with Gasteiger partial charge in [-0.2, -0.15) is 0 Å². The molecule has 0 amide bonds. The third kappa shape index (κ3) is 4.28. The molecule has 3 nitrogen and oxygen atoms in total. The van der Waals surface area contributed by atoms with E-state index in [0.717, 1.165) is 48.1 Å². The second kappa shape index (κ2) is 9.56. The lowest BCUT2D eigenvalue weighted by Gasteiger charge is -2.15. The van der Waals surface area contributed by atoms with Crippen molar-refractivity contribution in [3.05, 3.63) is 71.7 Å². The number of benzene rings is 2. The van der Waals surface area contributed by atoms with E-state index >= 15 is 0 Å². The summed E-state index contributed by atoms with van der Waals surface area (Å²) in [6, 6.07) is 13.1.